The summed E-state index contributed by atoms with van der Waals surface area (Å²) in [5, 5.41) is 0. The number of aromatic nitrogens is 2. The molecule has 1 aromatic heterocycles. The SMILES string of the molecule is CCOC(=O)C1CCCN(c2cc(C(C)(C)C)ncn2)C1. The molecule has 2 rings (SSSR count). The van der Waals surface area contributed by atoms with E-state index in [1.165, 1.54) is 0 Å². The summed E-state index contributed by atoms with van der Waals surface area (Å²) < 4.78 is 5.15. The van der Waals surface area contributed by atoms with E-state index >= 15 is 0 Å². The number of piperidine rings is 1. The molecule has 21 heavy (non-hydrogen) atoms. The van der Waals surface area contributed by atoms with Crippen molar-refractivity contribution in [2.24, 2.45) is 5.92 Å². The van der Waals surface area contributed by atoms with E-state index in [4.69, 9.17) is 4.74 Å². The van der Waals surface area contributed by atoms with Crippen LogP contribution in [0.2, 0.25) is 0 Å². The van der Waals surface area contributed by atoms with Crippen LogP contribution in [0.1, 0.15) is 46.2 Å². The summed E-state index contributed by atoms with van der Waals surface area (Å²) in [6.45, 7) is 10.3. The molecule has 116 valence electrons. The maximum atomic E-state index is 11.9. The molecule has 5 nitrogen and oxygen atoms in total. The van der Waals surface area contributed by atoms with Gasteiger partial charge in [0.05, 0.1) is 18.2 Å². The highest BCUT2D eigenvalue weighted by molar-refractivity contribution is 5.73. The lowest BCUT2D eigenvalue weighted by Crippen LogP contribution is -2.40. The van der Waals surface area contributed by atoms with Gasteiger partial charge in [-0.2, -0.15) is 0 Å². The van der Waals surface area contributed by atoms with E-state index in [2.05, 4.69) is 35.6 Å². The summed E-state index contributed by atoms with van der Waals surface area (Å²) in [4.78, 5) is 22.8. The lowest BCUT2D eigenvalue weighted by Gasteiger charge is -2.32. The predicted molar refractivity (Wildman–Crippen MR) is 82.3 cm³/mol. The van der Waals surface area contributed by atoms with Crippen molar-refractivity contribution in [1.29, 1.82) is 0 Å². The summed E-state index contributed by atoms with van der Waals surface area (Å²) in [6, 6.07) is 2.04. The van der Waals surface area contributed by atoms with Crippen LogP contribution >= 0.6 is 0 Å². The molecule has 0 aromatic carbocycles. The molecule has 5 heteroatoms. The van der Waals surface area contributed by atoms with E-state index in [0.717, 1.165) is 30.9 Å². The first kappa shape index (κ1) is 15.7. The Hall–Kier alpha value is -1.65. The Balaban J connectivity index is 2.13. The molecule has 0 bridgehead atoms. The molecule has 2 heterocycles. The molecule has 1 saturated heterocycles. The van der Waals surface area contributed by atoms with Gasteiger partial charge < -0.3 is 9.64 Å². The minimum absolute atomic E-state index is 0.00593. The van der Waals surface area contributed by atoms with Crippen LogP contribution in [0.4, 0.5) is 5.82 Å². The second-order valence-corrected chi connectivity index (χ2v) is 6.55. The van der Waals surface area contributed by atoms with Crippen LogP contribution in [0, 0.1) is 5.92 Å². The van der Waals surface area contributed by atoms with Gasteiger partial charge in [0, 0.05) is 24.6 Å². The van der Waals surface area contributed by atoms with Crippen LogP contribution in [0.15, 0.2) is 12.4 Å². The minimum Gasteiger partial charge on any atom is -0.466 e. The number of esters is 1. The van der Waals surface area contributed by atoms with Crippen molar-refractivity contribution < 1.29 is 9.53 Å². The van der Waals surface area contributed by atoms with Crippen molar-refractivity contribution in [3.63, 3.8) is 0 Å². The first-order chi connectivity index (χ1) is 9.91. The van der Waals surface area contributed by atoms with Gasteiger partial charge in [-0.3, -0.25) is 4.79 Å². The molecule has 0 N–H and O–H groups in total. The number of hydrogen-bond acceptors (Lipinski definition) is 5. The quantitative estimate of drug-likeness (QED) is 0.801. The van der Waals surface area contributed by atoms with Crippen molar-refractivity contribution >= 4 is 11.8 Å². The Labute approximate surface area is 126 Å². The molecule has 0 amide bonds. The number of carbonyl (C=O) groups excluding carboxylic acids is 1. The lowest BCUT2D eigenvalue weighted by atomic mass is 9.91. The Morgan fingerprint density at radius 2 is 2.19 bits per heavy atom. The number of nitrogens with zero attached hydrogens (tertiary/aromatic N) is 3. The third-order valence-electron chi connectivity index (χ3n) is 3.79. The van der Waals surface area contributed by atoms with Crippen molar-refractivity contribution in [2.75, 3.05) is 24.6 Å². The fourth-order valence-corrected chi connectivity index (χ4v) is 2.57. The van der Waals surface area contributed by atoms with Crippen molar-refractivity contribution in [2.45, 2.75) is 46.0 Å². The summed E-state index contributed by atoms with van der Waals surface area (Å²) >= 11 is 0. The maximum absolute atomic E-state index is 11.9. The monoisotopic (exact) mass is 291 g/mol. The molecule has 1 fully saturated rings. The molecule has 0 aliphatic carbocycles. The number of carbonyl (C=O) groups is 1. The van der Waals surface area contributed by atoms with Gasteiger partial charge in [-0.15, -0.1) is 0 Å². The third-order valence-corrected chi connectivity index (χ3v) is 3.79. The second-order valence-electron chi connectivity index (χ2n) is 6.55. The molecular formula is C16H25N3O2. The predicted octanol–water partition coefficient (Wildman–Crippen LogP) is 2.55. The maximum Gasteiger partial charge on any atom is 0.310 e. The molecule has 0 spiro atoms. The molecule has 1 aromatic rings. The number of rotatable bonds is 3. The summed E-state index contributed by atoms with van der Waals surface area (Å²) in [6.07, 6.45) is 3.49. The first-order valence-electron chi connectivity index (χ1n) is 7.66. The zero-order valence-corrected chi connectivity index (χ0v) is 13.4. The first-order valence-corrected chi connectivity index (χ1v) is 7.66. The molecule has 1 atom stereocenters. The lowest BCUT2D eigenvalue weighted by molar-refractivity contribution is -0.148. The van der Waals surface area contributed by atoms with Crippen LogP contribution in [0.25, 0.3) is 0 Å². The fraction of sp³-hybridized carbons (Fsp3) is 0.688. The van der Waals surface area contributed by atoms with Gasteiger partial charge in [-0.1, -0.05) is 20.8 Å². The Morgan fingerprint density at radius 1 is 1.43 bits per heavy atom. The van der Waals surface area contributed by atoms with Crippen LogP contribution in [-0.4, -0.2) is 35.6 Å². The molecular weight excluding hydrogens is 266 g/mol. The van der Waals surface area contributed by atoms with Crippen LogP contribution in [0.3, 0.4) is 0 Å². The smallest absolute Gasteiger partial charge is 0.310 e. The summed E-state index contributed by atoms with van der Waals surface area (Å²) in [5.41, 5.74) is 1.01. The second kappa shape index (κ2) is 6.41. The summed E-state index contributed by atoms with van der Waals surface area (Å²) in [7, 11) is 0. The molecule has 0 saturated carbocycles. The van der Waals surface area contributed by atoms with Gasteiger partial charge in [0.25, 0.3) is 0 Å². The largest absolute Gasteiger partial charge is 0.466 e. The van der Waals surface area contributed by atoms with E-state index in [0.29, 0.717) is 13.2 Å². The Bertz CT molecular complexity index is 497. The van der Waals surface area contributed by atoms with Gasteiger partial charge in [-0.25, -0.2) is 9.97 Å². The molecule has 1 aliphatic heterocycles. The van der Waals surface area contributed by atoms with Crippen molar-refractivity contribution in [1.82, 2.24) is 9.97 Å². The van der Waals surface area contributed by atoms with Gasteiger partial charge in [0.15, 0.2) is 0 Å². The van der Waals surface area contributed by atoms with E-state index in [9.17, 15) is 4.79 Å². The fourth-order valence-electron chi connectivity index (χ4n) is 2.57. The van der Waals surface area contributed by atoms with E-state index in [1.807, 2.05) is 13.0 Å². The Kier molecular flexibility index (Phi) is 4.80. The summed E-state index contributed by atoms with van der Waals surface area (Å²) in [5.74, 6) is 0.767. The van der Waals surface area contributed by atoms with Gasteiger partial charge >= 0.3 is 5.97 Å². The van der Waals surface area contributed by atoms with Crippen LogP contribution < -0.4 is 4.90 Å². The highest BCUT2D eigenvalue weighted by Gasteiger charge is 2.28. The zero-order chi connectivity index (χ0) is 15.5. The minimum atomic E-state index is -0.0905. The van der Waals surface area contributed by atoms with Crippen molar-refractivity contribution in [3.8, 4) is 0 Å². The highest BCUT2D eigenvalue weighted by Crippen LogP contribution is 2.26. The average molecular weight is 291 g/mol. The van der Waals surface area contributed by atoms with E-state index < -0.39 is 0 Å². The number of ether oxygens (including phenoxy) is 1. The van der Waals surface area contributed by atoms with E-state index in [-0.39, 0.29) is 17.3 Å². The number of hydrogen-bond donors (Lipinski definition) is 0. The third kappa shape index (κ3) is 3.93. The van der Waals surface area contributed by atoms with E-state index in [1.54, 1.807) is 6.33 Å². The molecule has 1 aliphatic rings. The van der Waals surface area contributed by atoms with Crippen LogP contribution in [0.5, 0.6) is 0 Å². The standard InChI is InChI=1S/C16H25N3O2/c1-5-21-15(20)12-7-6-8-19(10-12)14-9-13(16(2,3)4)17-11-18-14/h9,11-12H,5-8,10H2,1-4H3. The highest BCUT2D eigenvalue weighted by atomic mass is 16.5. The zero-order valence-electron chi connectivity index (χ0n) is 13.4. The van der Waals surface area contributed by atoms with Gasteiger partial charge in [0.2, 0.25) is 0 Å². The molecule has 0 radical (unpaired) electrons. The Morgan fingerprint density at radius 3 is 2.86 bits per heavy atom. The van der Waals surface area contributed by atoms with Crippen molar-refractivity contribution in [3.05, 3.63) is 18.1 Å². The average Bonchev–Trinajstić information content (AvgIpc) is 2.47. The topological polar surface area (TPSA) is 55.3 Å². The van der Waals surface area contributed by atoms with Gasteiger partial charge in [0.1, 0.15) is 12.1 Å². The van der Waals surface area contributed by atoms with Crippen LogP contribution in [-0.2, 0) is 14.9 Å². The molecule has 1 unspecified atom stereocenters. The van der Waals surface area contributed by atoms with Gasteiger partial charge in [-0.05, 0) is 19.8 Å². The number of anilines is 1. The normalized spacial score (nSPS) is 19.4.